The van der Waals surface area contributed by atoms with Crippen molar-refractivity contribution in [1.82, 2.24) is 9.88 Å². The van der Waals surface area contributed by atoms with Crippen molar-refractivity contribution in [1.29, 1.82) is 0 Å². The molecule has 0 spiro atoms. The lowest BCUT2D eigenvalue weighted by atomic mass is 10.0. The molecule has 0 N–H and O–H groups in total. The minimum atomic E-state index is -2.92. The third kappa shape index (κ3) is 5.55. The number of ether oxygens (including phenoxy) is 1. The number of alkyl halides is 2. The highest BCUT2D eigenvalue weighted by atomic mass is 28.4. The Morgan fingerprint density at radius 2 is 2.04 bits per heavy atom. The molecule has 0 amide bonds. The Morgan fingerprint density at radius 3 is 2.59 bits per heavy atom. The summed E-state index contributed by atoms with van der Waals surface area (Å²) < 4.78 is 36.3. The second-order valence-corrected chi connectivity index (χ2v) is 13.3. The second-order valence-electron chi connectivity index (χ2n) is 8.50. The van der Waals surface area contributed by atoms with E-state index in [2.05, 4.69) is 48.5 Å². The summed E-state index contributed by atoms with van der Waals surface area (Å²) in [6, 6.07) is 1.32. The van der Waals surface area contributed by atoms with Crippen molar-refractivity contribution in [3.8, 4) is 5.75 Å². The van der Waals surface area contributed by atoms with Gasteiger partial charge < -0.3 is 9.16 Å². The molecule has 1 aliphatic rings. The van der Waals surface area contributed by atoms with E-state index in [1.165, 1.54) is 13.0 Å². The standard InChI is InChI=1S/C19H30F2N2O3Si/c1-13(24)15-11-17(26-18(20)21)14-7-8-23(12-16(14)22-15)9-10-25-27(5,6)19(2,3)4/h11,18H,7-10,12H2,1-6H3. The lowest BCUT2D eigenvalue weighted by molar-refractivity contribution is -0.0508. The molecule has 0 radical (unpaired) electrons. The van der Waals surface area contributed by atoms with Gasteiger partial charge in [0.15, 0.2) is 14.1 Å². The van der Waals surface area contributed by atoms with Crippen LogP contribution >= 0.6 is 0 Å². The molecule has 1 aromatic heterocycles. The molecule has 0 fully saturated rings. The molecule has 0 aliphatic carbocycles. The van der Waals surface area contributed by atoms with Crippen LogP contribution in [0.4, 0.5) is 8.78 Å². The Labute approximate surface area is 161 Å². The van der Waals surface area contributed by atoms with E-state index in [-0.39, 0.29) is 22.3 Å². The average Bonchev–Trinajstić information content (AvgIpc) is 2.52. The van der Waals surface area contributed by atoms with Gasteiger partial charge in [-0.1, -0.05) is 20.8 Å². The number of aromatic nitrogens is 1. The zero-order valence-electron chi connectivity index (χ0n) is 17.1. The average molecular weight is 401 g/mol. The molecule has 0 atom stereocenters. The van der Waals surface area contributed by atoms with Gasteiger partial charge in [-0.05, 0) is 24.6 Å². The molecule has 0 bridgehead atoms. The summed E-state index contributed by atoms with van der Waals surface area (Å²) in [4.78, 5) is 18.3. The van der Waals surface area contributed by atoms with Crippen molar-refractivity contribution in [3.05, 3.63) is 23.0 Å². The molecular weight excluding hydrogens is 370 g/mol. The van der Waals surface area contributed by atoms with Crippen LogP contribution < -0.4 is 4.74 Å². The van der Waals surface area contributed by atoms with E-state index in [9.17, 15) is 13.6 Å². The third-order valence-electron chi connectivity index (χ3n) is 5.47. The van der Waals surface area contributed by atoms with Crippen molar-refractivity contribution < 1.29 is 22.7 Å². The number of carbonyl (C=O) groups is 1. The van der Waals surface area contributed by atoms with Crippen LogP contribution in [-0.2, 0) is 17.4 Å². The van der Waals surface area contributed by atoms with Crippen molar-refractivity contribution in [2.45, 2.75) is 65.4 Å². The van der Waals surface area contributed by atoms with Gasteiger partial charge in [-0.15, -0.1) is 0 Å². The molecule has 8 heteroatoms. The first-order valence-corrected chi connectivity index (χ1v) is 12.2. The van der Waals surface area contributed by atoms with Gasteiger partial charge in [-0.3, -0.25) is 9.69 Å². The van der Waals surface area contributed by atoms with E-state index in [0.29, 0.717) is 37.4 Å². The van der Waals surface area contributed by atoms with Gasteiger partial charge in [-0.25, -0.2) is 4.98 Å². The van der Waals surface area contributed by atoms with Crippen LogP contribution in [0.25, 0.3) is 0 Å². The molecule has 2 rings (SSSR count). The summed E-state index contributed by atoms with van der Waals surface area (Å²) in [7, 11) is -1.80. The van der Waals surface area contributed by atoms with Gasteiger partial charge in [0.25, 0.3) is 0 Å². The topological polar surface area (TPSA) is 51.7 Å². The summed E-state index contributed by atoms with van der Waals surface area (Å²) in [6.45, 7) is 12.1. The highest BCUT2D eigenvalue weighted by molar-refractivity contribution is 6.74. The molecule has 0 unspecified atom stereocenters. The van der Waals surface area contributed by atoms with Crippen LogP contribution in [0, 0.1) is 0 Å². The number of carbonyl (C=O) groups excluding carboxylic acids is 1. The minimum absolute atomic E-state index is 0.0670. The van der Waals surface area contributed by atoms with Crippen LogP contribution in [0.1, 0.15) is 49.4 Å². The Morgan fingerprint density at radius 1 is 1.37 bits per heavy atom. The fraction of sp³-hybridized carbons (Fsp3) is 0.684. The number of ketones is 1. The first kappa shape index (κ1) is 21.9. The minimum Gasteiger partial charge on any atom is -0.434 e. The zero-order valence-corrected chi connectivity index (χ0v) is 18.1. The maximum Gasteiger partial charge on any atom is 0.387 e. The van der Waals surface area contributed by atoms with E-state index in [1.54, 1.807) is 0 Å². The maximum atomic E-state index is 12.7. The monoisotopic (exact) mass is 400 g/mol. The van der Waals surface area contributed by atoms with Crippen LogP contribution in [0.15, 0.2) is 6.07 Å². The number of nitrogens with zero attached hydrogens (tertiary/aromatic N) is 2. The maximum absolute atomic E-state index is 12.7. The third-order valence-corrected chi connectivity index (χ3v) is 10.0. The van der Waals surface area contributed by atoms with Gasteiger partial charge in [0, 0.05) is 44.8 Å². The van der Waals surface area contributed by atoms with E-state index in [4.69, 9.17) is 4.43 Å². The van der Waals surface area contributed by atoms with Crippen molar-refractivity contribution >= 4 is 14.1 Å². The Balaban J connectivity index is 2.08. The van der Waals surface area contributed by atoms with Crippen LogP contribution in [0.5, 0.6) is 5.75 Å². The second kappa shape index (κ2) is 8.32. The number of pyridine rings is 1. The SMILES string of the molecule is CC(=O)c1cc(OC(F)F)c2c(n1)CN(CCO[Si](C)(C)C(C)(C)C)CC2. The predicted octanol–water partition coefficient (Wildman–Crippen LogP) is 4.27. The smallest absolute Gasteiger partial charge is 0.387 e. The van der Waals surface area contributed by atoms with Crippen molar-refractivity contribution in [2.75, 3.05) is 19.7 Å². The molecule has 1 aromatic rings. The van der Waals surface area contributed by atoms with Crippen molar-refractivity contribution in [3.63, 3.8) is 0 Å². The number of Topliss-reactive ketones (excluding diaryl/α,β-unsaturated/α-hetero) is 1. The Hall–Kier alpha value is -1.38. The van der Waals surface area contributed by atoms with Crippen molar-refractivity contribution in [2.24, 2.45) is 0 Å². The first-order chi connectivity index (χ1) is 12.4. The number of hydrogen-bond donors (Lipinski definition) is 0. The fourth-order valence-corrected chi connectivity index (χ4v) is 3.81. The molecular formula is C19H30F2N2O3Si. The van der Waals surface area contributed by atoms with E-state index < -0.39 is 14.9 Å². The Kier molecular flexibility index (Phi) is 6.75. The fourth-order valence-electron chi connectivity index (χ4n) is 2.78. The van der Waals surface area contributed by atoms with Crippen LogP contribution in [0.3, 0.4) is 0 Å². The van der Waals surface area contributed by atoms with Crippen LogP contribution in [0.2, 0.25) is 18.1 Å². The number of rotatable bonds is 7. The van der Waals surface area contributed by atoms with Gasteiger partial charge >= 0.3 is 6.61 Å². The Bertz CT molecular complexity index is 690. The highest BCUT2D eigenvalue weighted by Crippen LogP contribution is 2.36. The highest BCUT2D eigenvalue weighted by Gasteiger charge is 2.37. The van der Waals surface area contributed by atoms with Gasteiger partial charge in [-0.2, -0.15) is 8.78 Å². The molecule has 0 saturated heterocycles. The molecule has 2 heterocycles. The van der Waals surface area contributed by atoms with E-state index in [0.717, 1.165) is 6.54 Å². The van der Waals surface area contributed by atoms with Crippen LogP contribution in [-0.4, -0.2) is 50.3 Å². The summed E-state index contributed by atoms with van der Waals surface area (Å²) >= 11 is 0. The van der Waals surface area contributed by atoms with E-state index in [1.807, 2.05) is 0 Å². The molecule has 27 heavy (non-hydrogen) atoms. The first-order valence-electron chi connectivity index (χ1n) is 9.25. The number of hydrogen-bond acceptors (Lipinski definition) is 5. The van der Waals surface area contributed by atoms with Gasteiger partial charge in [0.2, 0.25) is 0 Å². The number of halogens is 2. The van der Waals surface area contributed by atoms with E-state index >= 15 is 0 Å². The van der Waals surface area contributed by atoms with Gasteiger partial charge in [0.05, 0.1) is 5.69 Å². The molecule has 0 aromatic carbocycles. The summed E-state index contributed by atoms with van der Waals surface area (Å²) in [6.07, 6.45) is 0.558. The van der Waals surface area contributed by atoms with Gasteiger partial charge in [0.1, 0.15) is 11.4 Å². The lowest BCUT2D eigenvalue weighted by Crippen LogP contribution is -2.43. The normalized spacial score (nSPS) is 15.7. The predicted molar refractivity (Wildman–Crippen MR) is 103 cm³/mol. The number of fused-ring (bicyclic) bond motifs is 1. The molecule has 1 aliphatic heterocycles. The summed E-state index contributed by atoms with van der Waals surface area (Å²) in [5.41, 5.74) is 1.46. The molecule has 5 nitrogen and oxygen atoms in total. The lowest BCUT2D eigenvalue weighted by Gasteiger charge is -2.37. The summed E-state index contributed by atoms with van der Waals surface area (Å²) in [5, 5.41) is 0.154. The molecule has 152 valence electrons. The summed E-state index contributed by atoms with van der Waals surface area (Å²) in [5.74, 6) is -0.201. The zero-order chi connectivity index (χ0) is 20.4. The quantitative estimate of drug-likeness (QED) is 0.505. The molecule has 0 saturated carbocycles. The largest absolute Gasteiger partial charge is 0.434 e.